The molecule has 0 unspecified atom stereocenters. The molecule has 4 nitrogen and oxygen atoms in total. The Morgan fingerprint density at radius 1 is 1.40 bits per heavy atom. The number of carbonyl (C=O) groups excluding carboxylic acids is 2. The van der Waals surface area contributed by atoms with Gasteiger partial charge in [0.05, 0.1) is 0 Å². The molecular weight excluding hydrogens is 194 g/mol. The minimum Gasteiger partial charge on any atom is -0.444 e. The molecule has 1 amide bonds. The Labute approximate surface area is 91.4 Å². The largest absolute Gasteiger partial charge is 0.444 e. The lowest BCUT2D eigenvalue weighted by atomic mass is 10.0. The van der Waals surface area contributed by atoms with Gasteiger partial charge in [-0.3, -0.25) is 0 Å². The summed E-state index contributed by atoms with van der Waals surface area (Å²) in [6.45, 7) is 9.31. The highest BCUT2D eigenvalue weighted by atomic mass is 16.6. The maximum Gasteiger partial charge on any atom is 0.407 e. The Bertz CT molecular complexity index is 218. The van der Waals surface area contributed by atoms with E-state index >= 15 is 0 Å². The predicted molar refractivity (Wildman–Crippen MR) is 58.7 cm³/mol. The molecule has 0 saturated carbocycles. The highest BCUT2D eigenvalue weighted by molar-refractivity contribution is 5.68. The van der Waals surface area contributed by atoms with Crippen LogP contribution in [0.2, 0.25) is 0 Å². The zero-order valence-corrected chi connectivity index (χ0v) is 10.2. The number of alkyl carbamates (subject to hydrolysis) is 1. The molecule has 1 atom stereocenters. The first-order chi connectivity index (χ1) is 6.76. The fraction of sp³-hybridized carbons (Fsp3) is 0.818. The standard InChI is InChI=1S/C11H21NO3/c1-8(2)9(6-7-13)12-10(14)15-11(3,4)5/h7-9H,6H2,1-5H3,(H,12,14)/t9-/m1/s1. The van der Waals surface area contributed by atoms with Crippen LogP contribution in [0.15, 0.2) is 0 Å². The summed E-state index contributed by atoms with van der Waals surface area (Å²) in [6, 6.07) is -0.155. The Hall–Kier alpha value is -1.06. The second-order valence-corrected chi connectivity index (χ2v) is 4.90. The molecule has 0 aromatic carbocycles. The van der Waals surface area contributed by atoms with E-state index in [4.69, 9.17) is 4.74 Å². The van der Waals surface area contributed by atoms with Crippen LogP contribution in [0.3, 0.4) is 0 Å². The third kappa shape index (κ3) is 6.94. The van der Waals surface area contributed by atoms with Crippen LogP contribution in [0.1, 0.15) is 41.0 Å². The summed E-state index contributed by atoms with van der Waals surface area (Å²) in [7, 11) is 0. The lowest BCUT2D eigenvalue weighted by molar-refractivity contribution is -0.108. The summed E-state index contributed by atoms with van der Waals surface area (Å²) in [5.74, 6) is 0.211. The minimum absolute atomic E-state index is 0.155. The molecule has 0 fully saturated rings. The van der Waals surface area contributed by atoms with Gasteiger partial charge in [0.15, 0.2) is 0 Å². The number of ether oxygens (including phenoxy) is 1. The van der Waals surface area contributed by atoms with Crippen molar-refractivity contribution in [1.29, 1.82) is 0 Å². The van der Waals surface area contributed by atoms with E-state index in [9.17, 15) is 9.59 Å². The zero-order chi connectivity index (χ0) is 12.1. The Kier molecular flexibility index (Phi) is 5.33. The maximum atomic E-state index is 11.4. The van der Waals surface area contributed by atoms with Crippen molar-refractivity contribution in [3.05, 3.63) is 0 Å². The molecule has 88 valence electrons. The van der Waals surface area contributed by atoms with Gasteiger partial charge in [0.2, 0.25) is 0 Å². The van der Waals surface area contributed by atoms with E-state index in [0.717, 1.165) is 6.29 Å². The van der Waals surface area contributed by atoms with Gasteiger partial charge in [0.25, 0.3) is 0 Å². The molecule has 0 aromatic heterocycles. The summed E-state index contributed by atoms with van der Waals surface area (Å²) in [5.41, 5.74) is -0.507. The lowest BCUT2D eigenvalue weighted by Crippen LogP contribution is -2.41. The first-order valence-corrected chi connectivity index (χ1v) is 5.19. The SMILES string of the molecule is CC(C)[C@@H](CC=O)NC(=O)OC(C)(C)C. The van der Waals surface area contributed by atoms with Crippen LogP contribution in [0.25, 0.3) is 0 Å². The molecule has 0 bridgehead atoms. The summed E-state index contributed by atoms with van der Waals surface area (Å²) < 4.78 is 5.10. The van der Waals surface area contributed by atoms with Crippen molar-refractivity contribution in [3.8, 4) is 0 Å². The second kappa shape index (κ2) is 5.73. The van der Waals surface area contributed by atoms with Crippen molar-refractivity contribution in [2.75, 3.05) is 0 Å². The van der Waals surface area contributed by atoms with Gasteiger partial charge in [-0.25, -0.2) is 4.79 Å². The van der Waals surface area contributed by atoms with Crippen molar-refractivity contribution in [2.24, 2.45) is 5.92 Å². The van der Waals surface area contributed by atoms with Crippen LogP contribution in [0.5, 0.6) is 0 Å². The molecule has 0 radical (unpaired) electrons. The Morgan fingerprint density at radius 2 is 1.93 bits per heavy atom. The third-order valence-corrected chi connectivity index (χ3v) is 1.86. The van der Waals surface area contributed by atoms with Crippen LogP contribution in [0.4, 0.5) is 4.79 Å². The van der Waals surface area contributed by atoms with Gasteiger partial charge >= 0.3 is 6.09 Å². The van der Waals surface area contributed by atoms with Gasteiger partial charge in [-0.1, -0.05) is 13.8 Å². The summed E-state index contributed by atoms with van der Waals surface area (Å²) in [4.78, 5) is 21.8. The summed E-state index contributed by atoms with van der Waals surface area (Å²) in [5, 5.41) is 2.68. The molecule has 15 heavy (non-hydrogen) atoms. The summed E-state index contributed by atoms with van der Waals surface area (Å²) >= 11 is 0. The van der Waals surface area contributed by atoms with E-state index in [2.05, 4.69) is 5.32 Å². The third-order valence-electron chi connectivity index (χ3n) is 1.86. The van der Waals surface area contributed by atoms with Crippen molar-refractivity contribution in [3.63, 3.8) is 0 Å². The molecule has 0 aliphatic rings. The van der Waals surface area contributed by atoms with Crippen molar-refractivity contribution >= 4 is 12.4 Å². The molecule has 0 aliphatic heterocycles. The monoisotopic (exact) mass is 215 g/mol. The van der Waals surface area contributed by atoms with E-state index < -0.39 is 11.7 Å². The number of hydrogen-bond donors (Lipinski definition) is 1. The van der Waals surface area contributed by atoms with Crippen molar-refractivity contribution in [1.82, 2.24) is 5.32 Å². The molecule has 0 spiro atoms. The van der Waals surface area contributed by atoms with E-state index in [-0.39, 0.29) is 12.0 Å². The fourth-order valence-electron chi connectivity index (χ4n) is 1.06. The highest BCUT2D eigenvalue weighted by Crippen LogP contribution is 2.09. The molecule has 0 aliphatic carbocycles. The van der Waals surface area contributed by atoms with Gasteiger partial charge in [-0.15, -0.1) is 0 Å². The average molecular weight is 215 g/mol. The van der Waals surface area contributed by atoms with Crippen LogP contribution in [0, 0.1) is 5.92 Å². The molecule has 0 rings (SSSR count). The maximum absolute atomic E-state index is 11.4. The molecule has 0 aromatic rings. The highest BCUT2D eigenvalue weighted by Gasteiger charge is 2.20. The number of rotatable bonds is 4. The second-order valence-electron chi connectivity index (χ2n) is 4.90. The van der Waals surface area contributed by atoms with E-state index in [0.29, 0.717) is 6.42 Å². The van der Waals surface area contributed by atoms with Crippen LogP contribution >= 0.6 is 0 Å². The number of hydrogen-bond acceptors (Lipinski definition) is 3. The van der Waals surface area contributed by atoms with Crippen LogP contribution in [-0.2, 0) is 9.53 Å². The first-order valence-electron chi connectivity index (χ1n) is 5.19. The van der Waals surface area contributed by atoms with Gasteiger partial charge in [0, 0.05) is 12.5 Å². The van der Waals surface area contributed by atoms with Crippen LogP contribution in [-0.4, -0.2) is 24.0 Å². The van der Waals surface area contributed by atoms with E-state index in [1.54, 1.807) is 20.8 Å². The normalized spacial score (nSPS) is 13.5. The van der Waals surface area contributed by atoms with E-state index in [1.807, 2.05) is 13.8 Å². The average Bonchev–Trinajstić information content (AvgIpc) is 1.99. The van der Waals surface area contributed by atoms with Crippen LogP contribution < -0.4 is 5.32 Å². The van der Waals surface area contributed by atoms with Gasteiger partial charge in [-0.05, 0) is 26.7 Å². The number of nitrogens with one attached hydrogen (secondary N) is 1. The van der Waals surface area contributed by atoms with Crippen molar-refractivity contribution in [2.45, 2.75) is 52.7 Å². The molecule has 1 N–H and O–H groups in total. The first kappa shape index (κ1) is 13.9. The number of aldehydes is 1. The molecular formula is C11H21NO3. The fourth-order valence-corrected chi connectivity index (χ4v) is 1.06. The minimum atomic E-state index is -0.507. The van der Waals surface area contributed by atoms with Gasteiger partial charge in [-0.2, -0.15) is 0 Å². The molecule has 4 heteroatoms. The molecule has 0 saturated heterocycles. The van der Waals surface area contributed by atoms with Gasteiger partial charge in [0.1, 0.15) is 11.9 Å². The zero-order valence-electron chi connectivity index (χ0n) is 10.2. The van der Waals surface area contributed by atoms with E-state index in [1.165, 1.54) is 0 Å². The predicted octanol–water partition coefficient (Wildman–Crippen LogP) is 2.12. The smallest absolute Gasteiger partial charge is 0.407 e. The van der Waals surface area contributed by atoms with Gasteiger partial charge < -0.3 is 14.8 Å². The Morgan fingerprint density at radius 3 is 2.27 bits per heavy atom. The lowest BCUT2D eigenvalue weighted by Gasteiger charge is -2.24. The number of amides is 1. The summed E-state index contributed by atoms with van der Waals surface area (Å²) in [6.07, 6.45) is 0.655. The number of carbonyl (C=O) groups is 2. The van der Waals surface area contributed by atoms with Crippen molar-refractivity contribution < 1.29 is 14.3 Å². The quantitative estimate of drug-likeness (QED) is 0.731. The molecule has 0 heterocycles. The topological polar surface area (TPSA) is 55.4 Å². The Balaban J connectivity index is 4.17.